The lowest BCUT2D eigenvalue weighted by Gasteiger charge is -2.29. The molecule has 1 heterocycles. The van der Waals surface area contributed by atoms with Crippen molar-refractivity contribution in [3.05, 3.63) is 78.4 Å². The summed E-state index contributed by atoms with van der Waals surface area (Å²) in [4.78, 5) is 32.9. The number of oxime groups is 1. The van der Waals surface area contributed by atoms with Gasteiger partial charge in [0.25, 0.3) is 0 Å². The molecule has 3 aromatic rings. The Morgan fingerprint density at radius 1 is 1.12 bits per heavy atom. The standard InChI is InChI=1S/C25H24ClN3O4/c1-17(24(30)27-15-20-14-23(26)28-33-20)29(25(31)32-16-18-8-3-2-4-9-18)22-13-7-11-19-10-5-6-12-21(19)22/h2-13,17,20H,14-16H2,1H3,(H,27,30)/t17-,20?/m0/s1. The van der Waals surface area contributed by atoms with E-state index in [2.05, 4.69) is 10.5 Å². The molecule has 4 rings (SSSR count). The molecule has 1 unspecified atom stereocenters. The molecule has 170 valence electrons. The second kappa shape index (κ2) is 10.4. The Kier molecular flexibility index (Phi) is 7.10. The molecule has 8 heteroatoms. The first-order chi connectivity index (χ1) is 16.0. The van der Waals surface area contributed by atoms with Crippen molar-refractivity contribution < 1.29 is 19.2 Å². The van der Waals surface area contributed by atoms with Gasteiger partial charge in [-0.05, 0) is 23.9 Å². The SMILES string of the molecule is C[C@@H](C(=O)NCC1CC(Cl)=NO1)N(C(=O)OCc1ccccc1)c1cccc2ccccc12. The number of carbonyl (C=O) groups is 2. The van der Waals surface area contributed by atoms with Crippen LogP contribution in [0.3, 0.4) is 0 Å². The molecule has 7 nitrogen and oxygen atoms in total. The zero-order valence-electron chi connectivity index (χ0n) is 18.1. The van der Waals surface area contributed by atoms with E-state index >= 15 is 0 Å². The van der Waals surface area contributed by atoms with Gasteiger partial charge in [0.2, 0.25) is 5.91 Å². The number of hydrogen-bond donors (Lipinski definition) is 1. The topological polar surface area (TPSA) is 80.2 Å². The highest BCUT2D eigenvalue weighted by molar-refractivity contribution is 6.65. The number of rotatable bonds is 7. The smallest absolute Gasteiger partial charge is 0.415 e. The summed E-state index contributed by atoms with van der Waals surface area (Å²) in [7, 11) is 0. The minimum absolute atomic E-state index is 0.0982. The molecule has 0 saturated carbocycles. The summed E-state index contributed by atoms with van der Waals surface area (Å²) in [5, 5.41) is 8.67. The number of benzene rings is 3. The second-order valence-corrected chi connectivity index (χ2v) is 8.16. The molecule has 3 aromatic carbocycles. The zero-order valence-corrected chi connectivity index (χ0v) is 18.9. The van der Waals surface area contributed by atoms with E-state index in [1.807, 2.05) is 72.8 Å². The maximum Gasteiger partial charge on any atom is 0.415 e. The van der Waals surface area contributed by atoms with Crippen LogP contribution in [0.1, 0.15) is 18.9 Å². The number of hydrogen-bond acceptors (Lipinski definition) is 5. The normalized spacial score (nSPS) is 15.9. The van der Waals surface area contributed by atoms with Crippen LogP contribution < -0.4 is 10.2 Å². The molecular weight excluding hydrogens is 442 g/mol. The Bertz CT molecular complexity index is 1160. The van der Waals surface area contributed by atoms with E-state index in [-0.39, 0.29) is 25.2 Å². The highest BCUT2D eigenvalue weighted by atomic mass is 35.5. The number of anilines is 1. The summed E-state index contributed by atoms with van der Waals surface area (Å²) < 4.78 is 5.60. The highest BCUT2D eigenvalue weighted by Gasteiger charge is 2.31. The maximum atomic E-state index is 13.3. The van der Waals surface area contributed by atoms with E-state index in [9.17, 15) is 9.59 Å². The number of ether oxygens (including phenoxy) is 1. The van der Waals surface area contributed by atoms with Crippen LogP contribution in [0.2, 0.25) is 0 Å². The first-order valence-electron chi connectivity index (χ1n) is 10.7. The van der Waals surface area contributed by atoms with Gasteiger partial charge in [0.15, 0.2) is 6.10 Å². The van der Waals surface area contributed by atoms with Crippen molar-refractivity contribution in [3.63, 3.8) is 0 Å². The third kappa shape index (κ3) is 5.43. The monoisotopic (exact) mass is 465 g/mol. The Morgan fingerprint density at radius 3 is 2.61 bits per heavy atom. The summed E-state index contributed by atoms with van der Waals surface area (Å²) >= 11 is 5.84. The van der Waals surface area contributed by atoms with Crippen LogP contribution in [0, 0.1) is 0 Å². The van der Waals surface area contributed by atoms with Crippen molar-refractivity contribution in [2.75, 3.05) is 11.4 Å². The van der Waals surface area contributed by atoms with Gasteiger partial charge < -0.3 is 14.9 Å². The highest BCUT2D eigenvalue weighted by Crippen LogP contribution is 2.29. The molecule has 0 spiro atoms. The number of fused-ring (bicyclic) bond motifs is 1. The van der Waals surface area contributed by atoms with Gasteiger partial charge in [0.05, 0.1) is 12.2 Å². The minimum atomic E-state index is -0.836. The van der Waals surface area contributed by atoms with Crippen molar-refractivity contribution >= 4 is 45.2 Å². The van der Waals surface area contributed by atoms with E-state index < -0.39 is 12.1 Å². The Morgan fingerprint density at radius 2 is 1.85 bits per heavy atom. The lowest BCUT2D eigenvalue weighted by atomic mass is 10.1. The van der Waals surface area contributed by atoms with Crippen molar-refractivity contribution in [2.24, 2.45) is 5.16 Å². The first kappa shape index (κ1) is 22.6. The van der Waals surface area contributed by atoms with Crippen molar-refractivity contribution in [1.82, 2.24) is 5.32 Å². The van der Waals surface area contributed by atoms with Crippen molar-refractivity contribution in [1.29, 1.82) is 0 Å². The zero-order chi connectivity index (χ0) is 23.2. The van der Waals surface area contributed by atoms with Crippen LogP contribution in [0.5, 0.6) is 0 Å². The second-order valence-electron chi connectivity index (χ2n) is 7.73. The number of nitrogens with one attached hydrogen (secondary N) is 1. The molecule has 0 radical (unpaired) electrons. The number of carbonyl (C=O) groups excluding carboxylic acids is 2. The van der Waals surface area contributed by atoms with Gasteiger partial charge in [-0.2, -0.15) is 0 Å². The van der Waals surface area contributed by atoms with Crippen LogP contribution in [-0.4, -0.2) is 35.9 Å². The molecular formula is C25H24ClN3O4. The predicted molar refractivity (Wildman–Crippen MR) is 128 cm³/mol. The molecule has 2 amide bonds. The molecule has 1 aliphatic rings. The molecule has 0 bridgehead atoms. The van der Waals surface area contributed by atoms with E-state index in [0.717, 1.165) is 16.3 Å². The Labute approximate surface area is 196 Å². The van der Waals surface area contributed by atoms with Crippen LogP contribution in [0.25, 0.3) is 10.8 Å². The number of nitrogens with zero attached hydrogens (tertiary/aromatic N) is 2. The summed E-state index contributed by atoms with van der Waals surface area (Å²) in [6.45, 7) is 1.99. The molecule has 33 heavy (non-hydrogen) atoms. The number of amides is 2. The summed E-state index contributed by atoms with van der Waals surface area (Å²) in [5.41, 5.74) is 1.45. The molecule has 1 aliphatic heterocycles. The van der Waals surface area contributed by atoms with Crippen LogP contribution in [0.15, 0.2) is 78.0 Å². The Balaban J connectivity index is 1.56. The van der Waals surface area contributed by atoms with Gasteiger partial charge in [-0.3, -0.25) is 9.69 Å². The quantitative estimate of drug-likeness (QED) is 0.542. The van der Waals surface area contributed by atoms with Gasteiger partial charge >= 0.3 is 6.09 Å². The van der Waals surface area contributed by atoms with Crippen LogP contribution in [-0.2, 0) is 21.0 Å². The third-order valence-corrected chi connectivity index (χ3v) is 5.62. The fraction of sp³-hybridized carbons (Fsp3) is 0.240. The molecule has 2 atom stereocenters. The first-order valence-corrected chi connectivity index (χ1v) is 11.0. The largest absolute Gasteiger partial charge is 0.444 e. The fourth-order valence-corrected chi connectivity index (χ4v) is 3.87. The minimum Gasteiger partial charge on any atom is -0.444 e. The van der Waals surface area contributed by atoms with E-state index in [1.54, 1.807) is 6.92 Å². The summed E-state index contributed by atoms with van der Waals surface area (Å²) in [6.07, 6.45) is -0.506. The average Bonchev–Trinajstić information content (AvgIpc) is 3.27. The predicted octanol–water partition coefficient (Wildman–Crippen LogP) is 4.83. The molecule has 0 fully saturated rings. The van der Waals surface area contributed by atoms with E-state index in [4.69, 9.17) is 21.2 Å². The average molecular weight is 466 g/mol. The molecule has 0 aromatic heterocycles. The van der Waals surface area contributed by atoms with Gasteiger partial charge in [-0.1, -0.05) is 83.5 Å². The molecule has 0 saturated heterocycles. The van der Waals surface area contributed by atoms with E-state index in [1.165, 1.54) is 4.90 Å². The van der Waals surface area contributed by atoms with E-state index in [0.29, 0.717) is 17.3 Å². The molecule has 0 aliphatic carbocycles. The van der Waals surface area contributed by atoms with Gasteiger partial charge in [-0.15, -0.1) is 0 Å². The Hall–Kier alpha value is -3.58. The lowest BCUT2D eigenvalue weighted by Crippen LogP contribution is -2.49. The third-order valence-electron chi connectivity index (χ3n) is 5.40. The maximum absolute atomic E-state index is 13.3. The van der Waals surface area contributed by atoms with Gasteiger partial charge in [0.1, 0.15) is 17.8 Å². The van der Waals surface area contributed by atoms with Crippen molar-refractivity contribution in [3.8, 4) is 0 Å². The molecule has 1 N–H and O–H groups in total. The lowest BCUT2D eigenvalue weighted by molar-refractivity contribution is -0.122. The van der Waals surface area contributed by atoms with Crippen molar-refractivity contribution in [2.45, 2.75) is 32.1 Å². The fourth-order valence-electron chi connectivity index (χ4n) is 3.66. The van der Waals surface area contributed by atoms with Crippen LogP contribution in [0.4, 0.5) is 10.5 Å². The van der Waals surface area contributed by atoms with Gasteiger partial charge in [-0.25, -0.2) is 4.79 Å². The van der Waals surface area contributed by atoms with Crippen LogP contribution >= 0.6 is 11.6 Å². The number of halogens is 1. The van der Waals surface area contributed by atoms with Gasteiger partial charge in [0, 0.05) is 11.8 Å². The summed E-state index contributed by atoms with van der Waals surface area (Å²) in [6, 6.07) is 21.9. The summed E-state index contributed by atoms with van der Waals surface area (Å²) in [5.74, 6) is -0.341.